The number of unbranched alkanes of at least 4 members (excludes halogenated alkanes) is 1. The van der Waals surface area contributed by atoms with E-state index in [1.807, 2.05) is 26.0 Å². The van der Waals surface area contributed by atoms with Gasteiger partial charge in [0.15, 0.2) is 0 Å². The molecule has 1 saturated carbocycles. The highest BCUT2D eigenvalue weighted by Gasteiger charge is 2.36. The number of carbonyl (C=O) groups excluding carboxylic acids is 1. The molecule has 3 aromatic carbocycles. The number of Topliss-reactive ketones (excluding diaryl/α,β-unsaturated/α-hetero) is 1. The summed E-state index contributed by atoms with van der Waals surface area (Å²) in [6, 6.07) is 27.0. The highest BCUT2D eigenvalue weighted by atomic mass is 16.5. The van der Waals surface area contributed by atoms with Crippen LogP contribution in [0.4, 0.5) is 0 Å². The van der Waals surface area contributed by atoms with Crippen LogP contribution in [0.25, 0.3) is 0 Å². The molecular weight excluding hydrogens is 631 g/mol. The Bertz CT molecular complexity index is 1390. The van der Waals surface area contributed by atoms with E-state index in [9.17, 15) is 14.7 Å². The predicted molar refractivity (Wildman–Crippen MR) is 214 cm³/mol. The van der Waals surface area contributed by atoms with Crippen molar-refractivity contribution in [3.05, 3.63) is 107 Å². The third kappa shape index (κ3) is 16.7. The minimum absolute atomic E-state index is 0. The third-order valence-corrected chi connectivity index (χ3v) is 10.3. The standard InChI is InChI=1S/C43H59NO4.C2H6.CH4/c1-35(45)14-10-13-30-44(32-38-23-25-40(26-24-38)41(46)47)31-29-42(2)27-11-5-4-6-12-28-43(3,34-42)48-33-39-21-19-37(20-22-39)18-17-36-15-8-7-9-16-36;1-2;/h7-9,15-16,19-26H,4-6,10-14,17-18,27-34H2,1-3H3,(H,46,47);1-2H3;1H4. The SMILES string of the molecule is C.CC.CC(=O)CCCCN(CCC1(C)CCCCCCCC(C)(OCc2ccc(CCc3ccccc3)cc2)C1)Cc1ccc(C(=O)O)cc1. The molecule has 1 fully saturated rings. The quantitative estimate of drug-likeness (QED) is 0.142. The van der Waals surface area contributed by atoms with Crippen LogP contribution in [-0.4, -0.2) is 40.4 Å². The van der Waals surface area contributed by atoms with Crippen molar-refractivity contribution in [2.45, 2.75) is 151 Å². The molecule has 0 aromatic heterocycles. The molecule has 4 rings (SSSR count). The molecule has 0 heterocycles. The Kier molecular flexibility index (Phi) is 20.1. The van der Waals surface area contributed by atoms with Crippen LogP contribution >= 0.6 is 0 Å². The first-order valence-electron chi connectivity index (χ1n) is 19.4. The average Bonchev–Trinajstić information content (AvgIpc) is 3.12. The monoisotopic (exact) mass is 700 g/mol. The van der Waals surface area contributed by atoms with Gasteiger partial charge in [-0.2, -0.15) is 0 Å². The average molecular weight is 700 g/mol. The number of nitrogens with zero attached hydrogens (tertiary/aromatic N) is 1. The van der Waals surface area contributed by atoms with Gasteiger partial charge in [0.1, 0.15) is 5.78 Å². The molecule has 2 atom stereocenters. The lowest BCUT2D eigenvalue weighted by molar-refractivity contribution is -0.117. The number of aromatic carboxylic acids is 1. The Labute approximate surface area is 311 Å². The topological polar surface area (TPSA) is 66.8 Å². The summed E-state index contributed by atoms with van der Waals surface area (Å²) in [4.78, 5) is 25.5. The molecule has 0 bridgehead atoms. The van der Waals surface area contributed by atoms with Crippen LogP contribution in [0.1, 0.15) is 152 Å². The van der Waals surface area contributed by atoms with E-state index in [0.717, 1.165) is 70.1 Å². The summed E-state index contributed by atoms with van der Waals surface area (Å²) in [6.07, 6.45) is 15.4. The molecular formula is C46H69NO4. The number of carbonyl (C=O) groups is 2. The lowest BCUT2D eigenvalue weighted by Crippen LogP contribution is -2.38. The highest BCUT2D eigenvalue weighted by Crippen LogP contribution is 2.42. The van der Waals surface area contributed by atoms with Crippen molar-refractivity contribution >= 4 is 11.8 Å². The maximum atomic E-state index is 11.6. The Hall–Kier alpha value is -3.28. The van der Waals surface area contributed by atoms with Crippen LogP contribution in [0.3, 0.4) is 0 Å². The maximum absolute atomic E-state index is 11.6. The normalized spacial score (nSPS) is 19.3. The Balaban J connectivity index is 0.00000295. The number of carboxylic acid groups (broad SMARTS) is 1. The molecule has 1 aliphatic carbocycles. The van der Waals surface area contributed by atoms with Gasteiger partial charge in [0.2, 0.25) is 0 Å². The second-order valence-electron chi connectivity index (χ2n) is 15.0. The van der Waals surface area contributed by atoms with Crippen molar-refractivity contribution < 1.29 is 19.4 Å². The van der Waals surface area contributed by atoms with Crippen LogP contribution in [0.2, 0.25) is 0 Å². The largest absolute Gasteiger partial charge is 0.478 e. The first-order valence-corrected chi connectivity index (χ1v) is 19.4. The van der Waals surface area contributed by atoms with E-state index in [0.29, 0.717) is 18.6 Å². The van der Waals surface area contributed by atoms with Crippen molar-refractivity contribution in [1.82, 2.24) is 4.90 Å². The van der Waals surface area contributed by atoms with E-state index in [-0.39, 0.29) is 24.2 Å². The summed E-state index contributed by atoms with van der Waals surface area (Å²) in [5.74, 6) is -0.647. The van der Waals surface area contributed by atoms with Gasteiger partial charge in [-0.3, -0.25) is 4.90 Å². The van der Waals surface area contributed by atoms with E-state index >= 15 is 0 Å². The summed E-state index contributed by atoms with van der Waals surface area (Å²) in [5.41, 5.74) is 5.39. The smallest absolute Gasteiger partial charge is 0.335 e. The van der Waals surface area contributed by atoms with Gasteiger partial charge in [0.25, 0.3) is 0 Å². The number of aryl methyl sites for hydroxylation is 2. The van der Waals surface area contributed by atoms with Gasteiger partial charge in [0.05, 0.1) is 17.8 Å². The summed E-state index contributed by atoms with van der Waals surface area (Å²) in [6.45, 7) is 13.8. The summed E-state index contributed by atoms with van der Waals surface area (Å²) in [5, 5.41) is 9.35. The van der Waals surface area contributed by atoms with E-state index in [4.69, 9.17) is 4.74 Å². The van der Waals surface area contributed by atoms with Gasteiger partial charge in [0, 0.05) is 13.0 Å². The maximum Gasteiger partial charge on any atom is 0.335 e. The lowest BCUT2D eigenvalue weighted by Gasteiger charge is -2.42. The first-order chi connectivity index (χ1) is 24.1. The van der Waals surface area contributed by atoms with Gasteiger partial charge in [-0.1, -0.05) is 127 Å². The van der Waals surface area contributed by atoms with Crippen LogP contribution in [0.5, 0.6) is 0 Å². The van der Waals surface area contributed by atoms with E-state index in [2.05, 4.69) is 73.3 Å². The van der Waals surface area contributed by atoms with Crippen molar-refractivity contribution in [3.63, 3.8) is 0 Å². The lowest BCUT2D eigenvalue weighted by atomic mass is 9.71. The zero-order valence-electron chi connectivity index (χ0n) is 31.9. The molecule has 0 saturated heterocycles. The van der Waals surface area contributed by atoms with Crippen LogP contribution in [0, 0.1) is 5.41 Å². The van der Waals surface area contributed by atoms with Gasteiger partial charge >= 0.3 is 5.97 Å². The number of ether oxygens (including phenoxy) is 1. The van der Waals surface area contributed by atoms with Crippen molar-refractivity contribution in [3.8, 4) is 0 Å². The number of carboxylic acids is 1. The molecule has 2 unspecified atom stereocenters. The van der Waals surface area contributed by atoms with E-state index in [1.165, 1.54) is 55.2 Å². The molecule has 51 heavy (non-hydrogen) atoms. The second-order valence-corrected chi connectivity index (χ2v) is 15.0. The van der Waals surface area contributed by atoms with Gasteiger partial charge < -0.3 is 14.6 Å². The van der Waals surface area contributed by atoms with Crippen molar-refractivity contribution in [2.24, 2.45) is 5.41 Å². The Morgan fingerprint density at radius 1 is 0.725 bits per heavy atom. The van der Waals surface area contributed by atoms with Crippen molar-refractivity contribution in [1.29, 1.82) is 0 Å². The van der Waals surface area contributed by atoms with Gasteiger partial charge in [-0.15, -0.1) is 0 Å². The number of hydrogen-bond donors (Lipinski definition) is 1. The minimum atomic E-state index is -0.896. The van der Waals surface area contributed by atoms with E-state index in [1.54, 1.807) is 19.1 Å². The molecule has 3 aromatic rings. The van der Waals surface area contributed by atoms with Crippen LogP contribution in [0.15, 0.2) is 78.9 Å². The van der Waals surface area contributed by atoms with Gasteiger partial charge in [-0.05, 0) is 118 Å². The van der Waals surface area contributed by atoms with Crippen LogP contribution in [-0.2, 0) is 35.5 Å². The molecule has 0 aliphatic heterocycles. The first kappa shape index (κ1) is 43.9. The van der Waals surface area contributed by atoms with Crippen molar-refractivity contribution in [2.75, 3.05) is 13.1 Å². The molecule has 282 valence electrons. The molecule has 0 spiro atoms. The minimum Gasteiger partial charge on any atom is -0.478 e. The summed E-state index contributed by atoms with van der Waals surface area (Å²) >= 11 is 0. The fourth-order valence-electron chi connectivity index (χ4n) is 7.41. The summed E-state index contributed by atoms with van der Waals surface area (Å²) < 4.78 is 6.89. The predicted octanol–water partition coefficient (Wildman–Crippen LogP) is 11.9. The fraction of sp³-hybridized carbons (Fsp3) is 0.565. The summed E-state index contributed by atoms with van der Waals surface area (Å²) in [7, 11) is 0. The molecule has 1 N–H and O–H groups in total. The fourth-order valence-corrected chi connectivity index (χ4v) is 7.41. The number of hydrogen-bond acceptors (Lipinski definition) is 4. The van der Waals surface area contributed by atoms with Gasteiger partial charge in [-0.25, -0.2) is 4.79 Å². The zero-order chi connectivity index (χ0) is 36.2. The number of ketones is 1. The zero-order valence-corrected chi connectivity index (χ0v) is 31.9. The molecule has 5 heteroatoms. The van der Waals surface area contributed by atoms with E-state index < -0.39 is 5.97 Å². The molecule has 0 radical (unpaired) electrons. The third-order valence-electron chi connectivity index (χ3n) is 10.3. The number of rotatable bonds is 17. The number of benzene rings is 3. The molecule has 0 amide bonds. The highest BCUT2D eigenvalue weighted by molar-refractivity contribution is 5.87. The Morgan fingerprint density at radius 2 is 1.29 bits per heavy atom. The van der Waals surface area contributed by atoms with Crippen LogP contribution < -0.4 is 0 Å². The Morgan fingerprint density at radius 3 is 1.92 bits per heavy atom. The second kappa shape index (κ2) is 23.3. The molecule has 1 aliphatic rings. The molecule has 5 nitrogen and oxygen atoms in total.